The Balaban J connectivity index is 2.83. The van der Waals surface area contributed by atoms with Crippen molar-refractivity contribution in [3.8, 4) is 0 Å². The zero-order valence-electron chi connectivity index (χ0n) is 13.8. The molecule has 1 unspecified atom stereocenters. The summed E-state index contributed by atoms with van der Waals surface area (Å²) in [5.74, 6) is -0.895. The van der Waals surface area contributed by atoms with Gasteiger partial charge in [0.2, 0.25) is 0 Å². The van der Waals surface area contributed by atoms with E-state index in [2.05, 4.69) is 0 Å². The Bertz CT molecular complexity index is 385. The van der Waals surface area contributed by atoms with Gasteiger partial charge in [0.15, 0.2) is 0 Å². The second-order valence-electron chi connectivity index (χ2n) is 5.47. The minimum Gasteiger partial charge on any atom is -0.467 e. The smallest absolute Gasteiger partial charge is 0.411 e. The van der Waals surface area contributed by atoms with E-state index < -0.39 is 30.3 Å². The molecule has 6 nitrogen and oxygen atoms in total. The Morgan fingerprint density at radius 1 is 1.47 bits per heavy atom. The summed E-state index contributed by atoms with van der Waals surface area (Å²) in [5.41, 5.74) is -0.673. The van der Waals surface area contributed by atoms with Crippen molar-refractivity contribution in [1.82, 2.24) is 4.90 Å². The highest BCUT2D eigenvalue weighted by molar-refractivity contribution is 5.82. The number of methoxy groups -OCH3 is 2. The third-order valence-electron chi connectivity index (χ3n) is 2.72. The lowest BCUT2D eigenvalue weighted by Crippen LogP contribution is -2.43. The molecule has 1 fully saturated rings. The molecular formula is C13H23NO5. The zero-order chi connectivity index (χ0) is 16.2. The van der Waals surface area contributed by atoms with Crippen molar-refractivity contribution in [2.24, 2.45) is 5.92 Å². The molecule has 0 bridgehead atoms. The van der Waals surface area contributed by atoms with Gasteiger partial charge in [-0.3, -0.25) is 4.90 Å². The van der Waals surface area contributed by atoms with E-state index in [0.717, 1.165) is 0 Å². The monoisotopic (exact) mass is 275 g/mol. The summed E-state index contributed by atoms with van der Waals surface area (Å²) in [7, 11) is 0.918. The van der Waals surface area contributed by atoms with Crippen LogP contribution in [0.1, 0.15) is 29.9 Å². The molecule has 1 aliphatic rings. The molecule has 1 aliphatic heterocycles. The highest BCUT2D eigenvalue weighted by Gasteiger charge is 2.42. The fourth-order valence-electron chi connectivity index (χ4n) is 1.98. The molecule has 3 atom stereocenters. The molecule has 1 amide bonds. The van der Waals surface area contributed by atoms with Crippen molar-refractivity contribution in [3.63, 3.8) is 0 Å². The van der Waals surface area contributed by atoms with E-state index >= 15 is 0 Å². The normalized spacial score (nSPS) is 26.4. The summed E-state index contributed by atoms with van der Waals surface area (Å²) >= 11 is 0. The molecule has 0 aliphatic carbocycles. The average molecular weight is 275 g/mol. The Morgan fingerprint density at radius 3 is 2.68 bits per heavy atom. The van der Waals surface area contributed by atoms with E-state index in [1.54, 1.807) is 20.8 Å². The Labute approximate surface area is 116 Å². The first-order valence-corrected chi connectivity index (χ1v) is 6.10. The van der Waals surface area contributed by atoms with Gasteiger partial charge in [-0.2, -0.15) is 0 Å². The third-order valence-corrected chi connectivity index (χ3v) is 2.72. The largest absolute Gasteiger partial charge is 0.467 e. The van der Waals surface area contributed by atoms with Crippen molar-refractivity contribution in [3.05, 3.63) is 0 Å². The standard InChI is InChI=1S/C13H23NO5/c1-13(2,3)19-12(16)14-7-9(8-17-4)6-10(14)11(15)18-5/h9-10H,6-8H2,1-5H3/t9-,10-/m0/s1/i4D,8D/t8?,9-,10-. The number of carbonyl (C=O) groups is 2. The number of rotatable bonds is 3. The fourth-order valence-corrected chi connectivity index (χ4v) is 1.98. The Hall–Kier alpha value is -1.30. The van der Waals surface area contributed by atoms with Gasteiger partial charge in [0, 0.05) is 19.5 Å². The predicted octanol–water partition coefficient (Wildman–Crippen LogP) is 1.43. The highest BCUT2D eigenvalue weighted by Crippen LogP contribution is 2.26. The second kappa shape index (κ2) is 6.23. The SMILES string of the molecule is [2H]COC([2H])[C@H]1C[C@@H](C(=O)OC)N(C(=O)OC(C)(C)C)C1. The van der Waals surface area contributed by atoms with Crippen LogP contribution in [-0.4, -0.2) is 55.9 Å². The van der Waals surface area contributed by atoms with Crippen molar-refractivity contribution in [2.75, 3.05) is 27.3 Å². The molecule has 0 saturated carbocycles. The van der Waals surface area contributed by atoms with Gasteiger partial charge < -0.3 is 14.2 Å². The van der Waals surface area contributed by atoms with Gasteiger partial charge in [0.25, 0.3) is 0 Å². The van der Waals surface area contributed by atoms with Crippen LogP contribution >= 0.6 is 0 Å². The fraction of sp³-hybridized carbons (Fsp3) is 0.846. The quantitative estimate of drug-likeness (QED) is 0.729. The second-order valence-corrected chi connectivity index (χ2v) is 5.47. The van der Waals surface area contributed by atoms with Gasteiger partial charge in [-0.1, -0.05) is 0 Å². The molecule has 0 N–H and O–H groups in total. The van der Waals surface area contributed by atoms with E-state index in [4.69, 9.17) is 17.0 Å². The number of amides is 1. The zero-order valence-corrected chi connectivity index (χ0v) is 11.8. The van der Waals surface area contributed by atoms with Crippen LogP contribution < -0.4 is 0 Å². The maximum atomic E-state index is 12.2. The average Bonchev–Trinajstić information content (AvgIpc) is 2.81. The topological polar surface area (TPSA) is 65.1 Å². The van der Waals surface area contributed by atoms with Crippen molar-refractivity contribution < 1.29 is 26.5 Å². The molecule has 1 saturated heterocycles. The lowest BCUT2D eigenvalue weighted by atomic mass is 10.1. The number of hydrogen-bond donors (Lipinski definition) is 0. The first-order valence-electron chi connectivity index (χ1n) is 7.38. The molecule has 0 aromatic rings. The van der Waals surface area contributed by atoms with E-state index in [-0.39, 0.29) is 26.0 Å². The third kappa shape index (κ3) is 4.38. The van der Waals surface area contributed by atoms with Crippen LogP contribution in [0, 0.1) is 5.92 Å². The molecule has 0 spiro atoms. The number of ether oxygens (including phenoxy) is 3. The van der Waals surface area contributed by atoms with Gasteiger partial charge in [0.1, 0.15) is 11.6 Å². The van der Waals surface area contributed by atoms with Crippen LogP contribution in [0.2, 0.25) is 0 Å². The van der Waals surface area contributed by atoms with Gasteiger partial charge in [-0.05, 0) is 27.2 Å². The molecule has 1 rings (SSSR count). The van der Waals surface area contributed by atoms with E-state index in [1.165, 1.54) is 12.0 Å². The number of nitrogens with zero attached hydrogens (tertiary/aromatic N) is 1. The van der Waals surface area contributed by atoms with Crippen LogP contribution in [0.3, 0.4) is 0 Å². The molecule has 0 aromatic carbocycles. The predicted molar refractivity (Wildman–Crippen MR) is 68.7 cm³/mol. The van der Waals surface area contributed by atoms with Gasteiger partial charge in [0.05, 0.1) is 16.4 Å². The summed E-state index contributed by atoms with van der Waals surface area (Å²) in [5, 5.41) is 0. The molecule has 0 radical (unpaired) electrons. The van der Waals surface area contributed by atoms with Crippen molar-refractivity contribution in [2.45, 2.75) is 38.8 Å². The molecule has 110 valence electrons. The number of likely N-dealkylation sites (tertiary alicyclic amines) is 1. The lowest BCUT2D eigenvalue weighted by Gasteiger charge is -2.27. The van der Waals surface area contributed by atoms with E-state index in [9.17, 15) is 9.59 Å². The van der Waals surface area contributed by atoms with Gasteiger partial charge in [-0.25, -0.2) is 9.59 Å². The van der Waals surface area contributed by atoms with Crippen LogP contribution in [0.4, 0.5) is 4.79 Å². The van der Waals surface area contributed by atoms with Crippen LogP contribution in [0.15, 0.2) is 0 Å². The van der Waals surface area contributed by atoms with E-state index in [0.29, 0.717) is 0 Å². The highest BCUT2D eigenvalue weighted by atomic mass is 16.6. The molecule has 6 heteroatoms. The number of esters is 1. The Kier molecular flexibility index (Phi) is 4.17. The molecule has 0 aromatic heterocycles. The van der Waals surface area contributed by atoms with Crippen molar-refractivity contribution in [1.29, 1.82) is 0 Å². The first-order chi connectivity index (χ1) is 9.69. The van der Waals surface area contributed by atoms with Gasteiger partial charge >= 0.3 is 12.1 Å². The first kappa shape index (κ1) is 12.7. The minimum atomic E-state index is -0.956. The van der Waals surface area contributed by atoms with Gasteiger partial charge in [-0.15, -0.1) is 0 Å². The molecular weight excluding hydrogens is 250 g/mol. The summed E-state index contributed by atoms with van der Waals surface area (Å²) in [6, 6.07) is -0.781. The maximum absolute atomic E-state index is 12.2. The summed E-state index contributed by atoms with van der Waals surface area (Å²) < 4.78 is 29.7. The summed E-state index contributed by atoms with van der Waals surface area (Å²) in [4.78, 5) is 25.3. The van der Waals surface area contributed by atoms with E-state index in [1.807, 2.05) is 0 Å². The van der Waals surface area contributed by atoms with Crippen LogP contribution in [0.5, 0.6) is 0 Å². The minimum absolute atomic E-state index is 0.169. The lowest BCUT2D eigenvalue weighted by molar-refractivity contribution is -0.145. The van der Waals surface area contributed by atoms with Crippen LogP contribution in [0.25, 0.3) is 0 Å². The molecule has 1 heterocycles. The Morgan fingerprint density at radius 2 is 2.16 bits per heavy atom. The number of hydrogen-bond acceptors (Lipinski definition) is 5. The van der Waals surface area contributed by atoms with Crippen LogP contribution in [-0.2, 0) is 19.0 Å². The summed E-state index contributed by atoms with van der Waals surface area (Å²) in [6.45, 7) is 4.43. The number of carbonyl (C=O) groups excluding carboxylic acids is 2. The summed E-state index contributed by atoms with van der Waals surface area (Å²) in [6.07, 6.45) is -0.349. The molecule has 19 heavy (non-hydrogen) atoms. The van der Waals surface area contributed by atoms with Crippen molar-refractivity contribution >= 4 is 12.1 Å². The maximum Gasteiger partial charge on any atom is 0.411 e.